The van der Waals surface area contributed by atoms with E-state index in [9.17, 15) is 17.6 Å². The predicted molar refractivity (Wildman–Crippen MR) is 154 cm³/mol. The van der Waals surface area contributed by atoms with E-state index < -0.39 is 20.4 Å². The average Bonchev–Trinajstić information content (AvgIpc) is 3.66. The molecule has 2 aromatic carbocycles. The van der Waals surface area contributed by atoms with Crippen molar-refractivity contribution in [2.75, 3.05) is 30.0 Å². The Bertz CT molecular complexity index is 1680. The van der Waals surface area contributed by atoms with Crippen molar-refractivity contribution in [3.8, 4) is 11.4 Å². The van der Waals surface area contributed by atoms with Crippen LogP contribution < -0.4 is 15.5 Å². The lowest BCUT2D eigenvalue weighted by molar-refractivity contribution is 0.0985. The van der Waals surface area contributed by atoms with Crippen molar-refractivity contribution >= 4 is 27.4 Å². The molecule has 2 fully saturated rings. The summed E-state index contributed by atoms with van der Waals surface area (Å²) in [6.07, 6.45) is 4.09. The number of imidazole rings is 1. The highest BCUT2D eigenvalue weighted by Gasteiger charge is 2.58. The van der Waals surface area contributed by atoms with Crippen LogP contribution in [0.2, 0.25) is 0 Å². The molecule has 0 radical (unpaired) electrons. The van der Waals surface area contributed by atoms with Crippen LogP contribution in [0.4, 0.5) is 20.7 Å². The van der Waals surface area contributed by atoms with E-state index in [-0.39, 0.29) is 23.5 Å². The van der Waals surface area contributed by atoms with Crippen LogP contribution in [0, 0.1) is 5.82 Å². The minimum Gasteiger partial charge on any atom is -0.377 e. The number of benzene rings is 2. The minimum absolute atomic E-state index is 0.0319. The van der Waals surface area contributed by atoms with Crippen molar-refractivity contribution in [1.82, 2.24) is 25.3 Å². The smallest absolute Gasteiger partial charge is 0.319 e. The van der Waals surface area contributed by atoms with E-state index >= 15 is 0 Å². The number of aromatic amines is 1. The lowest BCUT2D eigenvalue weighted by Gasteiger charge is -2.34. The van der Waals surface area contributed by atoms with Crippen LogP contribution >= 0.6 is 0 Å². The number of anilines is 2. The molecule has 1 aliphatic carbocycles. The molecule has 1 saturated heterocycles. The summed E-state index contributed by atoms with van der Waals surface area (Å²) in [5.41, 5.74) is 1.63. The first-order valence-corrected chi connectivity index (χ1v) is 15.1. The molecule has 4 aromatic rings. The van der Waals surface area contributed by atoms with Gasteiger partial charge in [-0.2, -0.15) is 0 Å². The lowest BCUT2D eigenvalue weighted by atomic mass is 10.1. The van der Waals surface area contributed by atoms with Gasteiger partial charge >= 0.3 is 6.03 Å². The molecule has 6 rings (SSSR count). The normalized spacial score (nSPS) is 18.0. The third kappa shape index (κ3) is 5.44. The monoisotopic (exact) mass is 591 g/mol. The summed E-state index contributed by atoms with van der Waals surface area (Å²) in [6, 6.07) is 13.3. The molecule has 2 aromatic heterocycles. The first-order chi connectivity index (χ1) is 20.2. The zero-order valence-electron chi connectivity index (χ0n) is 22.9. The number of hydrogen-bond donors (Lipinski definition) is 3. The van der Waals surface area contributed by atoms with Crippen molar-refractivity contribution in [2.24, 2.45) is 0 Å². The zero-order valence-corrected chi connectivity index (χ0v) is 23.7. The number of ether oxygens (including phenoxy) is 1. The van der Waals surface area contributed by atoms with Crippen LogP contribution in [0.15, 0.2) is 71.9 Å². The molecular weight excluding hydrogens is 561 g/mol. The summed E-state index contributed by atoms with van der Waals surface area (Å²) in [6.45, 7) is 3.93. The topological polar surface area (TPSA) is 142 Å². The molecule has 0 unspecified atom stereocenters. The number of morpholine rings is 1. The number of nitrogens with zero attached hydrogens (tertiary/aromatic N) is 4. The molecule has 1 atom stereocenters. The van der Waals surface area contributed by atoms with Crippen molar-refractivity contribution in [3.05, 3.63) is 84.3 Å². The number of aromatic nitrogens is 4. The fraction of sp³-hybridized carbons (Fsp3) is 0.310. The highest BCUT2D eigenvalue weighted by Crippen LogP contribution is 2.55. The number of nitrogens with one attached hydrogen (secondary N) is 3. The quantitative estimate of drug-likeness (QED) is 0.261. The molecule has 1 aliphatic heterocycles. The Kier molecular flexibility index (Phi) is 7.37. The van der Waals surface area contributed by atoms with Gasteiger partial charge < -0.3 is 25.3 Å². The maximum absolute atomic E-state index is 13.8. The highest BCUT2D eigenvalue weighted by molar-refractivity contribution is 7.92. The number of hydrogen-bond acceptors (Lipinski definition) is 8. The van der Waals surface area contributed by atoms with Crippen LogP contribution in [0.5, 0.6) is 0 Å². The van der Waals surface area contributed by atoms with E-state index in [1.807, 2.05) is 6.92 Å². The maximum Gasteiger partial charge on any atom is 0.319 e. The zero-order chi connectivity index (χ0) is 29.3. The first kappa shape index (κ1) is 27.8. The lowest BCUT2D eigenvalue weighted by Crippen LogP contribution is -2.44. The van der Waals surface area contributed by atoms with Crippen LogP contribution in [-0.4, -0.2) is 60.2 Å². The number of carbonyl (C=O) groups excluding carboxylic acids is 1. The Hall–Kier alpha value is -4.36. The fourth-order valence-corrected chi connectivity index (χ4v) is 7.03. The number of carbonyl (C=O) groups is 1. The molecule has 13 heteroatoms. The van der Waals surface area contributed by atoms with Gasteiger partial charge in [0.05, 0.1) is 36.4 Å². The van der Waals surface area contributed by atoms with Crippen LogP contribution in [0.1, 0.15) is 31.3 Å². The number of sulfone groups is 1. The molecule has 2 aliphatic rings. The van der Waals surface area contributed by atoms with Crippen molar-refractivity contribution < 1.29 is 22.3 Å². The van der Waals surface area contributed by atoms with Gasteiger partial charge in [-0.25, -0.2) is 32.6 Å². The van der Waals surface area contributed by atoms with Gasteiger partial charge in [0.2, 0.25) is 0 Å². The van der Waals surface area contributed by atoms with Crippen molar-refractivity contribution in [2.45, 2.75) is 42.0 Å². The minimum atomic E-state index is -3.86. The fourth-order valence-electron chi connectivity index (χ4n) is 5.06. The summed E-state index contributed by atoms with van der Waals surface area (Å²) in [5.74, 6) is 1.12. The van der Waals surface area contributed by atoms with Gasteiger partial charge in [-0.05, 0) is 68.3 Å². The molecule has 0 bridgehead atoms. The third-order valence-corrected chi connectivity index (χ3v) is 10.1. The average molecular weight is 592 g/mol. The Labute approximate surface area is 242 Å². The molecule has 218 valence electrons. The van der Waals surface area contributed by atoms with E-state index in [1.165, 1.54) is 12.1 Å². The molecule has 2 amide bonds. The van der Waals surface area contributed by atoms with E-state index in [2.05, 4.69) is 25.5 Å². The largest absolute Gasteiger partial charge is 0.377 e. The highest BCUT2D eigenvalue weighted by atomic mass is 32.2. The second kappa shape index (κ2) is 11.1. The van der Waals surface area contributed by atoms with Gasteiger partial charge in [-0.1, -0.05) is 0 Å². The van der Waals surface area contributed by atoms with Gasteiger partial charge in [-0.3, -0.25) is 0 Å². The van der Waals surface area contributed by atoms with E-state index in [0.29, 0.717) is 67.0 Å². The Morgan fingerprint density at radius 2 is 1.90 bits per heavy atom. The number of urea groups is 1. The van der Waals surface area contributed by atoms with Gasteiger partial charge in [0, 0.05) is 36.3 Å². The number of halogens is 1. The molecule has 11 nitrogen and oxygen atoms in total. The van der Waals surface area contributed by atoms with Crippen molar-refractivity contribution in [3.63, 3.8) is 0 Å². The third-order valence-electron chi connectivity index (χ3n) is 7.56. The Morgan fingerprint density at radius 3 is 2.57 bits per heavy atom. The summed E-state index contributed by atoms with van der Waals surface area (Å²) in [7, 11) is -3.86. The van der Waals surface area contributed by atoms with E-state index in [0.717, 1.165) is 12.1 Å². The van der Waals surface area contributed by atoms with Gasteiger partial charge in [-0.15, -0.1) is 0 Å². The summed E-state index contributed by atoms with van der Waals surface area (Å²) >= 11 is 0. The molecule has 0 spiro atoms. The maximum atomic E-state index is 13.8. The SMILES string of the molecule is C[C@H]1COCCN1c1cc(C2(S(=O)(=O)c3ccc(F)cc3)CC2)nc(-c2ccc(NC(=O)NCc3ncc[nH]3)cc2)n1. The van der Waals surface area contributed by atoms with Gasteiger partial charge in [0.15, 0.2) is 15.7 Å². The molecule has 3 N–H and O–H groups in total. The van der Waals surface area contributed by atoms with Crippen LogP contribution in [-0.2, 0) is 25.9 Å². The Balaban J connectivity index is 1.31. The standard InChI is InChI=1S/C29H30FN7O4S/c1-19-18-41-15-14-37(19)26-16-24(29(10-11-29)42(39,40)23-8-4-21(30)5-9-23)35-27(36-26)20-2-6-22(7-3-20)34-28(38)33-17-25-31-12-13-32-25/h2-9,12-13,16,19H,10-11,14-15,17-18H2,1H3,(H,31,32)(H2,33,34,38)/t19-/m0/s1. The summed E-state index contributed by atoms with van der Waals surface area (Å²) < 4.78 is 45.6. The van der Waals surface area contributed by atoms with Crippen molar-refractivity contribution in [1.29, 1.82) is 0 Å². The van der Waals surface area contributed by atoms with E-state index in [4.69, 9.17) is 14.7 Å². The summed E-state index contributed by atoms with van der Waals surface area (Å²) in [4.78, 5) is 31.1. The molecule has 42 heavy (non-hydrogen) atoms. The number of rotatable bonds is 8. The number of amides is 2. The second-order valence-electron chi connectivity index (χ2n) is 10.4. The molecule has 1 saturated carbocycles. The van der Waals surface area contributed by atoms with Gasteiger partial charge in [0.25, 0.3) is 0 Å². The molecule has 3 heterocycles. The molecular formula is C29H30FN7O4S. The van der Waals surface area contributed by atoms with Crippen LogP contribution in [0.3, 0.4) is 0 Å². The Morgan fingerprint density at radius 1 is 1.14 bits per heavy atom. The second-order valence-corrected chi connectivity index (χ2v) is 12.7. The number of H-pyrrole nitrogens is 1. The first-order valence-electron chi connectivity index (χ1n) is 13.6. The van der Waals surface area contributed by atoms with E-state index in [1.54, 1.807) is 42.7 Å². The predicted octanol–water partition coefficient (Wildman–Crippen LogP) is 4.02. The van der Waals surface area contributed by atoms with Crippen LogP contribution in [0.25, 0.3) is 11.4 Å². The summed E-state index contributed by atoms with van der Waals surface area (Å²) in [5, 5.41) is 5.51. The van der Waals surface area contributed by atoms with Gasteiger partial charge in [0.1, 0.15) is 22.2 Å².